The molecular formula is C12H14BrN3O4. The predicted molar refractivity (Wildman–Crippen MR) is 73.4 cm³/mol. The van der Waals surface area contributed by atoms with Gasteiger partial charge in [-0.1, -0.05) is 0 Å². The summed E-state index contributed by atoms with van der Waals surface area (Å²) in [4.78, 5) is 33.6. The maximum Gasteiger partial charge on any atom is 0.322 e. The topological polar surface area (TPSA) is 100 Å². The van der Waals surface area contributed by atoms with Gasteiger partial charge in [0.25, 0.3) is 5.91 Å². The monoisotopic (exact) mass is 343 g/mol. The fourth-order valence-corrected chi connectivity index (χ4v) is 2.21. The van der Waals surface area contributed by atoms with Gasteiger partial charge in [0.05, 0.1) is 6.54 Å². The van der Waals surface area contributed by atoms with Gasteiger partial charge >= 0.3 is 5.97 Å². The third-order valence-electron chi connectivity index (χ3n) is 2.83. The fourth-order valence-electron chi connectivity index (χ4n) is 1.77. The lowest BCUT2D eigenvalue weighted by Crippen LogP contribution is -2.39. The van der Waals surface area contributed by atoms with Crippen LogP contribution < -0.4 is 10.6 Å². The van der Waals surface area contributed by atoms with Crippen molar-refractivity contribution in [3.8, 4) is 0 Å². The average Bonchev–Trinajstić information content (AvgIpc) is 3.16. The number of aromatic nitrogens is 1. The molecule has 0 aromatic carbocycles. The molecule has 0 atom stereocenters. The maximum atomic E-state index is 12.0. The van der Waals surface area contributed by atoms with Crippen LogP contribution in [0.2, 0.25) is 0 Å². The van der Waals surface area contributed by atoms with E-state index in [0.29, 0.717) is 11.7 Å². The molecule has 1 aliphatic carbocycles. The van der Waals surface area contributed by atoms with E-state index in [-0.39, 0.29) is 12.5 Å². The van der Waals surface area contributed by atoms with Gasteiger partial charge in [-0.3, -0.25) is 14.4 Å². The van der Waals surface area contributed by atoms with Gasteiger partial charge in [0.1, 0.15) is 12.2 Å². The molecule has 1 fully saturated rings. The Morgan fingerprint density at radius 1 is 1.30 bits per heavy atom. The van der Waals surface area contributed by atoms with Crippen LogP contribution in [0.15, 0.2) is 16.7 Å². The first-order valence-electron chi connectivity index (χ1n) is 6.11. The average molecular weight is 344 g/mol. The van der Waals surface area contributed by atoms with Gasteiger partial charge in [-0.15, -0.1) is 0 Å². The third-order valence-corrected chi connectivity index (χ3v) is 3.27. The number of hydrogen-bond donors (Lipinski definition) is 3. The van der Waals surface area contributed by atoms with Crippen LogP contribution in [0.25, 0.3) is 0 Å². The van der Waals surface area contributed by atoms with Crippen LogP contribution in [-0.2, 0) is 9.59 Å². The molecule has 2 amide bonds. The van der Waals surface area contributed by atoms with Crippen LogP contribution in [0, 0.1) is 0 Å². The number of carbonyl (C=O) groups is 3. The van der Waals surface area contributed by atoms with Gasteiger partial charge in [0, 0.05) is 16.7 Å². The number of rotatable bonds is 6. The first kappa shape index (κ1) is 14.6. The summed E-state index contributed by atoms with van der Waals surface area (Å²) >= 11 is 3.32. The van der Waals surface area contributed by atoms with Crippen molar-refractivity contribution in [1.82, 2.24) is 15.2 Å². The number of halogens is 1. The van der Waals surface area contributed by atoms with E-state index in [1.807, 2.05) is 10.8 Å². The highest BCUT2D eigenvalue weighted by atomic mass is 79.9. The minimum atomic E-state index is -1.13. The molecule has 20 heavy (non-hydrogen) atoms. The van der Waals surface area contributed by atoms with Gasteiger partial charge < -0.3 is 20.3 Å². The van der Waals surface area contributed by atoms with Gasteiger partial charge in [-0.05, 0) is 34.8 Å². The lowest BCUT2D eigenvalue weighted by atomic mass is 10.4. The van der Waals surface area contributed by atoms with E-state index < -0.39 is 18.4 Å². The molecule has 1 aliphatic rings. The van der Waals surface area contributed by atoms with E-state index in [0.717, 1.165) is 17.3 Å². The molecule has 0 bridgehead atoms. The number of hydrogen-bond acceptors (Lipinski definition) is 3. The van der Waals surface area contributed by atoms with Crippen molar-refractivity contribution in [2.75, 3.05) is 13.1 Å². The quantitative estimate of drug-likeness (QED) is 0.700. The van der Waals surface area contributed by atoms with Crippen LogP contribution in [0.3, 0.4) is 0 Å². The van der Waals surface area contributed by atoms with Crippen molar-refractivity contribution in [3.63, 3.8) is 0 Å². The SMILES string of the molecule is O=C(O)CNC(=O)CNC(=O)c1cc(Br)cn1C1CC1. The summed E-state index contributed by atoms with van der Waals surface area (Å²) in [5, 5.41) is 13.1. The first-order valence-corrected chi connectivity index (χ1v) is 6.90. The number of aliphatic carboxylic acids is 1. The second-order valence-electron chi connectivity index (χ2n) is 4.54. The summed E-state index contributed by atoms with van der Waals surface area (Å²) < 4.78 is 2.69. The van der Waals surface area contributed by atoms with Crippen LogP contribution in [0.5, 0.6) is 0 Å². The largest absolute Gasteiger partial charge is 0.480 e. The number of nitrogens with one attached hydrogen (secondary N) is 2. The Hall–Kier alpha value is -1.83. The van der Waals surface area contributed by atoms with E-state index in [2.05, 4.69) is 26.6 Å². The molecule has 1 aromatic rings. The summed E-state index contributed by atoms with van der Waals surface area (Å²) in [6.45, 7) is -0.710. The predicted octanol–water partition coefficient (Wildman–Crippen LogP) is 0.516. The van der Waals surface area contributed by atoms with Gasteiger partial charge in [0.2, 0.25) is 5.91 Å². The van der Waals surface area contributed by atoms with E-state index in [9.17, 15) is 14.4 Å². The second-order valence-corrected chi connectivity index (χ2v) is 5.45. The zero-order chi connectivity index (χ0) is 14.7. The van der Waals surface area contributed by atoms with Crippen molar-refractivity contribution >= 4 is 33.7 Å². The number of carboxylic acid groups (broad SMARTS) is 1. The van der Waals surface area contributed by atoms with Crippen LogP contribution in [0.1, 0.15) is 29.4 Å². The Balaban J connectivity index is 1.88. The Labute approximate surface area is 123 Å². The van der Waals surface area contributed by atoms with E-state index in [1.165, 1.54) is 0 Å². The van der Waals surface area contributed by atoms with Crippen molar-refractivity contribution < 1.29 is 19.5 Å². The Morgan fingerprint density at radius 3 is 2.60 bits per heavy atom. The van der Waals surface area contributed by atoms with Crippen LogP contribution >= 0.6 is 15.9 Å². The molecule has 0 aliphatic heterocycles. The number of nitrogens with zero attached hydrogens (tertiary/aromatic N) is 1. The van der Waals surface area contributed by atoms with E-state index in [1.54, 1.807) is 6.07 Å². The molecule has 7 nitrogen and oxygen atoms in total. The molecule has 1 aromatic heterocycles. The zero-order valence-electron chi connectivity index (χ0n) is 10.6. The summed E-state index contributed by atoms with van der Waals surface area (Å²) in [6.07, 6.45) is 3.93. The number of carbonyl (C=O) groups excluding carboxylic acids is 2. The Morgan fingerprint density at radius 2 is 2.00 bits per heavy atom. The second kappa shape index (κ2) is 6.08. The number of amides is 2. The summed E-state index contributed by atoms with van der Waals surface area (Å²) in [7, 11) is 0. The number of carboxylic acids is 1. The highest BCUT2D eigenvalue weighted by Gasteiger charge is 2.27. The van der Waals surface area contributed by atoms with Crippen molar-refractivity contribution in [2.24, 2.45) is 0 Å². The molecule has 2 rings (SSSR count). The lowest BCUT2D eigenvalue weighted by molar-refractivity contribution is -0.137. The van der Waals surface area contributed by atoms with Crippen LogP contribution in [-0.4, -0.2) is 40.5 Å². The lowest BCUT2D eigenvalue weighted by Gasteiger charge is -2.08. The van der Waals surface area contributed by atoms with Gasteiger partial charge in [-0.25, -0.2) is 0 Å². The molecule has 0 saturated heterocycles. The summed E-state index contributed by atoms with van der Waals surface area (Å²) in [5.74, 6) is -2.02. The molecule has 0 unspecified atom stereocenters. The molecule has 0 spiro atoms. The van der Waals surface area contributed by atoms with Crippen molar-refractivity contribution in [2.45, 2.75) is 18.9 Å². The minimum Gasteiger partial charge on any atom is -0.480 e. The molecule has 8 heteroatoms. The first-order chi connectivity index (χ1) is 9.47. The fraction of sp³-hybridized carbons (Fsp3) is 0.417. The molecular weight excluding hydrogens is 330 g/mol. The normalized spacial score (nSPS) is 13.8. The Kier molecular flexibility index (Phi) is 4.43. The van der Waals surface area contributed by atoms with Crippen molar-refractivity contribution in [3.05, 3.63) is 22.4 Å². The van der Waals surface area contributed by atoms with Crippen LogP contribution in [0.4, 0.5) is 0 Å². The highest BCUT2D eigenvalue weighted by molar-refractivity contribution is 9.10. The van der Waals surface area contributed by atoms with Gasteiger partial charge in [0.15, 0.2) is 0 Å². The highest BCUT2D eigenvalue weighted by Crippen LogP contribution is 2.37. The zero-order valence-corrected chi connectivity index (χ0v) is 12.1. The van der Waals surface area contributed by atoms with Crippen molar-refractivity contribution in [1.29, 1.82) is 0 Å². The van der Waals surface area contributed by atoms with E-state index >= 15 is 0 Å². The summed E-state index contributed by atoms with van der Waals surface area (Å²) in [6, 6.07) is 2.05. The molecule has 1 heterocycles. The maximum absolute atomic E-state index is 12.0. The third kappa shape index (κ3) is 3.83. The molecule has 0 radical (unpaired) electrons. The van der Waals surface area contributed by atoms with Gasteiger partial charge in [-0.2, -0.15) is 0 Å². The van der Waals surface area contributed by atoms with E-state index in [4.69, 9.17) is 5.11 Å². The summed E-state index contributed by atoms with van der Waals surface area (Å²) in [5.41, 5.74) is 0.491. The Bertz CT molecular complexity index is 551. The smallest absolute Gasteiger partial charge is 0.322 e. The minimum absolute atomic E-state index is 0.250. The molecule has 108 valence electrons. The molecule has 1 saturated carbocycles. The molecule has 3 N–H and O–H groups in total. The standard InChI is InChI=1S/C12H14BrN3O4/c13-7-3-9(16(6-7)8-1-2-8)12(20)15-4-10(17)14-5-11(18)19/h3,6,8H,1-2,4-5H2,(H,14,17)(H,15,20)(H,18,19).